The number of benzene rings is 1. The van der Waals surface area contributed by atoms with Crippen molar-refractivity contribution in [2.45, 2.75) is 32.7 Å². The number of nitrogens with one attached hydrogen (secondary N) is 1. The van der Waals surface area contributed by atoms with Gasteiger partial charge in [-0.25, -0.2) is 4.68 Å². The number of amides is 1. The number of carbonyl (C=O) groups is 1. The Kier molecular flexibility index (Phi) is 5.38. The van der Waals surface area contributed by atoms with Gasteiger partial charge in [-0.15, -0.1) is 15.3 Å². The zero-order chi connectivity index (χ0) is 19.3. The minimum Gasteiger partial charge on any atom is -0.424 e. The summed E-state index contributed by atoms with van der Waals surface area (Å²) in [5.41, 5.74) is 1.51. The summed E-state index contributed by atoms with van der Waals surface area (Å²) in [6, 6.07) is 7.45. The molecular weight excluding hydrogens is 360 g/mol. The molecule has 10 heteroatoms. The first-order valence-electron chi connectivity index (χ1n) is 9.39. The highest BCUT2D eigenvalue weighted by atomic mass is 16.4. The third kappa shape index (κ3) is 4.22. The van der Waals surface area contributed by atoms with Crippen LogP contribution in [-0.4, -0.2) is 54.3 Å². The molecule has 0 spiro atoms. The van der Waals surface area contributed by atoms with Gasteiger partial charge in [0.05, 0.1) is 18.2 Å². The largest absolute Gasteiger partial charge is 0.424 e. The Morgan fingerprint density at radius 3 is 3.00 bits per heavy atom. The molecule has 0 radical (unpaired) electrons. The minimum atomic E-state index is -0.0843. The first-order valence-corrected chi connectivity index (χ1v) is 9.39. The number of hydrogen-bond donors (Lipinski definition) is 1. The molecule has 28 heavy (non-hydrogen) atoms. The van der Waals surface area contributed by atoms with E-state index in [1.165, 1.54) is 6.33 Å². The number of anilines is 1. The van der Waals surface area contributed by atoms with E-state index in [1.807, 2.05) is 31.2 Å². The van der Waals surface area contributed by atoms with Crippen molar-refractivity contribution in [1.29, 1.82) is 0 Å². The highest BCUT2D eigenvalue weighted by Crippen LogP contribution is 2.21. The first kappa shape index (κ1) is 18.2. The lowest BCUT2D eigenvalue weighted by Crippen LogP contribution is -2.40. The van der Waals surface area contributed by atoms with Crippen molar-refractivity contribution in [2.24, 2.45) is 5.92 Å². The van der Waals surface area contributed by atoms with E-state index in [2.05, 4.69) is 35.9 Å². The number of hydrogen-bond acceptors (Lipinski definition) is 8. The second kappa shape index (κ2) is 8.26. The number of tetrazole rings is 1. The van der Waals surface area contributed by atoms with Gasteiger partial charge in [0.15, 0.2) is 0 Å². The fourth-order valence-corrected chi connectivity index (χ4v) is 3.35. The van der Waals surface area contributed by atoms with Gasteiger partial charge in [0.2, 0.25) is 17.7 Å². The van der Waals surface area contributed by atoms with E-state index in [4.69, 9.17) is 4.42 Å². The van der Waals surface area contributed by atoms with Crippen LogP contribution in [0.1, 0.15) is 31.5 Å². The van der Waals surface area contributed by atoms with Gasteiger partial charge in [-0.2, -0.15) is 0 Å². The second-order valence-corrected chi connectivity index (χ2v) is 6.81. The van der Waals surface area contributed by atoms with Crippen molar-refractivity contribution in [1.82, 2.24) is 35.3 Å². The Morgan fingerprint density at radius 1 is 1.32 bits per heavy atom. The summed E-state index contributed by atoms with van der Waals surface area (Å²) in [6.07, 6.45) is 4.06. The SMILES string of the molecule is CCc1nnc(CN2CCCC(C(=O)Nc3cccc(-n4cnnn4)c3)C2)o1. The van der Waals surface area contributed by atoms with Crippen LogP contribution >= 0.6 is 0 Å². The van der Waals surface area contributed by atoms with E-state index in [0.717, 1.165) is 37.2 Å². The molecule has 10 nitrogen and oxygen atoms in total. The predicted molar refractivity (Wildman–Crippen MR) is 99.5 cm³/mol. The Hall–Kier alpha value is -3.14. The smallest absolute Gasteiger partial charge is 0.230 e. The molecule has 1 aliphatic heterocycles. The van der Waals surface area contributed by atoms with E-state index in [9.17, 15) is 4.79 Å². The van der Waals surface area contributed by atoms with Gasteiger partial charge in [0, 0.05) is 18.7 Å². The maximum absolute atomic E-state index is 12.8. The number of nitrogens with zero attached hydrogens (tertiary/aromatic N) is 7. The lowest BCUT2D eigenvalue weighted by Gasteiger charge is -2.30. The molecule has 1 saturated heterocycles. The molecule has 1 atom stereocenters. The number of carbonyl (C=O) groups excluding carboxylic acids is 1. The quantitative estimate of drug-likeness (QED) is 0.681. The number of aryl methyl sites for hydroxylation is 1. The number of likely N-dealkylation sites (tertiary alicyclic amines) is 1. The molecule has 2 aromatic heterocycles. The fraction of sp³-hybridized carbons (Fsp3) is 0.444. The van der Waals surface area contributed by atoms with Gasteiger partial charge in [-0.3, -0.25) is 9.69 Å². The molecule has 1 unspecified atom stereocenters. The van der Waals surface area contributed by atoms with Crippen LogP contribution in [0.2, 0.25) is 0 Å². The Balaban J connectivity index is 1.37. The molecule has 3 aromatic rings. The van der Waals surface area contributed by atoms with Crippen LogP contribution < -0.4 is 5.32 Å². The monoisotopic (exact) mass is 382 g/mol. The summed E-state index contributed by atoms with van der Waals surface area (Å²) in [4.78, 5) is 15.0. The molecule has 1 amide bonds. The van der Waals surface area contributed by atoms with Gasteiger partial charge < -0.3 is 9.73 Å². The molecule has 0 saturated carbocycles. The lowest BCUT2D eigenvalue weighted by atomic mass is 9.97. The van der Waals surface area contributed by atoms with Gasteiger partial charge >= 0.3 is 0 Å². The van der Waals surface area contributed by atoms with Crippen molar-refractivity contribution < 1.29 is 9.21 Å². The Morgan fingerprint density at radius 2 is 2.21 bits per heavy atom. The lowest BCUT2D eigenvalue weighted by molar-refractivity contribution is -0.121. The maximum Gasteiger partial charge on any atom is 0.230 e. The standard InChI is InChI=1S/C18H22N8O2/c1-2-16-21-22-17(28-16)11-25-8-4-5-13(10-25)18(27)20-14-6-3-7-15(9-14)26-12-19-23-24-26/h3,6-7,9,12-13H,2,4-5,8,10-11H2,1H3,(H,20,27). The zero-order valence-electron chi connectivity index (χ0n) is 15.7. The van der Waals surface area contributed by atoms with E-state index in [-0.39, 0.29) is 11.8 Å². The van der Waals surface area contributed by atoms with Crippen molar-refractivity contribution in [2.75, 3.05) is 18.4 Å². The van der Waals surface area contributed by atoms with Gasteiger partial charge in [0.25, 0.3) is 0 Å². The number of piperidine rings is 1. The van der Waals surface area contributed by atoms with Gasteiger partial charge in [-0.1, -0.05) is 13.0 Å². The minimum absolute atomic E-state index is 0.0124. The summed E-state index contributed by atoms with van der Waals surface area (Å²) in [6.45, 7) is 4.14. The van der Waals surface area contributed by atoms with E-state index >= 15 is 0 Å². The van der Waals surface area contributed by atoms with Crippen LogP contribution in [0.3, 0.4) is 0 Å². The van der Waals surface area contributed by atoms with Gasteiger partial charge in [0.1, 0.15) is 6.33 Å². The first-order chi connectivity index (χ1) is 13.7. The third-order valence-corrected chi connectivity index (χ3v) is 4.77. The molecule has 3 heterocycles. The van der Waals surface area contributed by atoms with Crippen molar-refractivity contribution >= 4 is 11.6 Å². The highest BCUT2D eigenvalue weighted by Gasteiger charge is 2.27. The second-order valence-electron chi connectivity index (χ2n) is 6.81. The van der Waals surface area contributed by atoms with E-state index in [0.29, 0.717) is 24.9 Å². The zero-order valence-corrected chi connectivity index (χ0v) is 15.7. The predicted octanol–water partition coefficient (Wildman–Crippen LogP) is 1.46. The summed E-state index contributed by atoms with van der Waals surface area (Å²) in [5, 5.41) is 22.2. The molecule has 1 aliphatic rings. The molecule has 1 fully saturated rings. The topological polar surface area (TPSA) is 115 Å². The van der Waals surface area contributed by atoms with E-state index < -0.39 is 0 Å². The summed E-state index contributed by atoms with van der Waals surface area (Å²) >= 11 is 0. The molecule has 4 rings (SSSR count). The van der Waals surface area contributed by atoms with Crippen LogP contribution in [-0.2, 0) is 17.8 Å². The maximum atomic E-state index is 12.8. The molecule has 0 bridgehead atoms. The van der Waals surface area contributed by atoms with Crippen LogP contribution in [0, 0.1) is 5.92 Å². The van der Waals surface area contributed by atoms with Gasteiger partial charge in [-0.05, 0) is 48.0 Å². The van der Waals surface area contributed by atoms with Crippen LogP contribution in [0.5, 0.6) is 0 Å². The molecular formula is C18H22N8O2. The highest BCUT2D eigenvalue weighted by molar-refractivity contribution is 5.93. The molecule has 1 aromatic carbocycles. The van der Waals surface area contributed by atoms with Crippen molar-refractivity contribution in [3.63, 3.8) is 0 Å². The average Bonchev–Trinajstić information content (AvgIpc) is 3.40. The summed E-state index contributed by atoms with van der Waals surface area (Å²) in [5.74, 6) is 1.17. The number of rotatable bonds is 6. The molecule has 1 N–H and O–H groups in total. The van der Waals surface area contributed by atoms with E-state index in [1.54, 1.807) is 4.68 Å². The van der Waals surface area contributed by atoms with Crippen LogP contribution in [0.4, 0.5) is 5.69 Å². The third-order valence-electron chi connectivity index (χ3n) is 4.77. The average molecular weight is 382 g/mol. The normalized spacial score (nSPS) is 17.5. The van der Waals surface area contributed by atoms with Crippen molar-refractivity contribution in [3.05, 3.63) is 42.4 Å². The summed E-state index contributed by atoms with van der Waals surface area (Å²) in [7, 11) is 0. The number of aromatic nitrogens is 6. The van der Waals surface area contributed by atoms with Crippen molar-refractivity contribution in [3.8, 4) is 5.69 Å². The molecule has 0 aliphatic carbocycles. The fourth-order valence-electron chi connectivity index (χ4n) is 3.35. The molecule has 146 valence electrons. The Bertz CT molecular complexity index is 923. The van der Waals surface area contributed by atoms with Crippen LogP contribution in [0.15, 0.2) is 35.0 Å². The summed E-state index contributed by atoms with van der Waals surface area (Å²) < 4.78 is 7.14. The Labute approximate surface area is 161 Å². The van der Waals surface area contributed by atoms with Crippen LogP contribution in [0.25, 0.3) is 5.69 Å².